The molecule has 3 aromatic rings. The van der Waals surface area contributed by atoms with Crippen LogP contribution in [0.2, 0.25) is 0 Å². The number of alkyl carbamates (subject to hydrolysis) is 1. The van der Waals surface area contributed by atoms with Gasteiger partial charge in [0.25, 0.3) is 0 Å². The molecule has 0 aliphatic rings. The molecule has 0 saturated heterocycles. The number of aromatic amines is 1. The molecule has 2 aromatic carbocycles. The van der Waals surface area contributed by atoms with Gasteiger partial charge in [0, 0.05) is 29.6 Å². The highest BCUT2D eigenvalue weighted by Crippen LogP contribution is 2.23. The van der Waals surface area contributed by atoms with Crippen LogP contribution < -0.4 is 14.8 Å². The molecule has 1 unspecified atom stereocenters. The lowest BCUT2D eigenvalue weighted by Gasteiger charge is -2.15. The number of fused-ring (bicyclic) bond motifs is 1. The summed E-state index contributed by atoms with van der Waals surface area (Å²) in [5.74, 6) is -0.0208. The van der Waals surface area contributed by atoms with Crippen LogP contribution >= 0.6 is 0 Å². The van der Waals surface area contributed by atoms with Gasteiger partial charge in [0.2, 0.25) is 0 Å². The maximum Gasteiger partial charge on any atom is 0.408 e. The zero-order valence-corrected chi connectivity index (χ0v) is 16.1. The van der Waals surface area contributed by atoms with Gasteiger partial charge >= 0.3 is 12.1 Å². The first-order valence-corrected chi connectivity index (χ1v) is 8.93. The predicted octanol–water partition coefficient (Wildman–Crippen LogP) is 3.11. The van der Waals surface area contributed by atoms with Crippen molar-refractivity contribution >= 4 is 23.0 Å². The first-order valence-electron chi connectivity index (χ1n) is 8.93. The molecule has 152 valence electrons. The number of H-pyrrole nitrogens is 1. The fourth-order valence-electron chi connectivity index (χ4n) is 3.00. The summed E-state index contributed by atoms with van der Waals surface area (Å²) in [6.45, 7) is -0.0567. The van der Waals surface area contributed by atoms with E-state index in [-0.39, 0.29) is 13.0 Å². The maximum absolute atomic E-state index is 12.2. The van der Waals surface area contributed by atoms with Crippen LogP contribution in [0, 0.1) is 0 Å². The highest BCUT2D eigenvalue weighted by molar-refractivity contribution is 5.85. The summed E-state index contributed by atoms with van der Waals surface area (Å²) in [4.78, 5) is 26.9. The number of carbonyl (C=O) groups excluding carboxylic acids is 1. The van der Waals surface area contributed by atoms with Gasteiger partial charge in [-0.2, -0.15) is 0 Å². The van der Waals surface area contributed by atoms with E-state index in [0.29, 0.717) is 17.1 Å². The normalized spacial score (nSPS) is 11.7. The van der Waals surface area contributed by atoms with Gasteiger partial charge in [-0.1, -0.05) is 18.2 Å². The molecule has 3 N–H and O–H groups in total. The Kier molecular flexibility index (Phi) is 6.23. The van der Waals surface area contributed by atoms with Gasteiger partial charge in [-0.3, -0.25) is 0 Å². The molecule has 1 amide bonds. The highest BCUT2D eigenvalue weighted by atomic mass is 16.5. The van der Waals surface area contributed by atoms with E-state index in [4.69, 9.17) is 14.2 Å². The minimum atomic E-state index is -1.14. The molecule has 29 heavy (non-hydrogen) atoms. The molecule has 0 aliphatic heterocycles. The number of ether oxygens (including phenoxy) is 3. The number of hydrogen-bond donors (Lipinski definition) is 3. The van der Waals surface area contributed by atoms with Crippen molar-refractivity contribution in [1.82, 2.24) is 10.3 Å². The first kappa shape index (κ1) is 20.1. The standard InChI is InChI=1S/C21H22N2O6/c1-27-15-7-13(8-16(10-15)28-2)12-29-21(26)23-19(20(24)25)9-14-11-22-18-6-4-3-5-17(14)18/h3-8,10-11,19,22H,9,12H2,1-2H3,(H,23,26)(H,24,25). The van der Waals surface area contributed by atoms with Gasteiger partial charge in [0.1, 0.15) is 24.1 Å². The van der Waals surface area contributed by atoms with Crippen molar-refractivity contribution in [3.8, 4) is 11.5 Å². The Labute approximate surface area is 167 Å². The van der Waals surface area contributed by atoms with Crippen LogP contribution in [0.5, 0.6) is 11.5 Å². The number of aliphatic carboxylic acids is 1. The van der Waals surface area contributed by atoms with E-state index in [2.05, 4.69) is 10.3 Å². The average Bonchev–Trinajstić information content (AvgIpc) is 3.14. The van der Waals surface area contributed by atoms with Gasteiger partial charge < -0.3 is 29.6 Å². The molecule has 0 radical (unpaired) electrons. The van der Waals surface area contributed by atoms with Crippen molar-refractivity contribution in [1.29, 1.82) is 0 Å². The third-order valence-electron chi connectivity index (χ3n) is 4.47. The quantitative estimate of drug-likeness (QED) is 0.538. The summed E-state index contributed by atoms with van der Waals surface area (Å²) in [5.41, 5.74) is 2.35. The van der Waals surface area contributed by atoms with E-state index in [1.54, 1.807) is 24.4 Å². The second kappa shape index (κ2) is 9.01. The second-order valence-corrected chi connectivity index (χ2v) is 6.40. The summed E-state index contributed by atoms with van der Waals surface area (Å²) < 4.78 is 15.5. The van der Waals surface area contributed by atoms with Crippen LogP contribution in [-0.4, -0.2) is 42.4 Å². The number of nitrogens with one attached hydrogen (secondary N) is 2. The topological polar surface area (TPSA) is 110 Å². The van der Waals surface area contributed by atoms with Gasteiger partial charge in [0.05, 0.1) is 14.2 Å². The lowest BCUT2D eigenvalue weighted by atomic mass is 10.1. The molecule has 0 bridgehead atoms. The van der Waals surface area contributed by atoms with Crippen LogP contribution in [0.4, 0.5) is 4.79 Å². The predicted molar refractivity (Wildman–Crippen MR) is 106 cm³/mol. The smallest absolute Gasteiger partial charge is 0.408 e. The fraction of sp³-hybridized carbons (Fsp3) is 0.238. The third kappa shape index (κ3) is 4.98. The number of carboxylic acid groups (broad SMARTS) is 1. The minimum absolute atomic E-state index is 0.0567. The molecule has 1 atom stereocenters. The molecule has 0 saturated carbocycles. The van der Waals surface area contributed by atoms with Gasteiger partial charge in [-0.15, -0.1) is 0 Å². The van der Waals surface area contributed by atoms with Crippen molar-refractivity contribution in [2.45, 2.75) is 19.1 Å². The van der Waals surface area contributed by atoms with E-state index in [9.17, 15) is 14.7 Å². The van der Waals surface area contributed by atoms with Crippen molar-refractivity contribution < 1.29 is 28.9 Å². The van der Waals surface area contributed by atoms with Crippen LogP contribution in [0.25, 0.3) is 10.9 Å². The Bertz CT molecular complexity index is 991. The monoisotopic (exact) mass is 398 g/mol. The van der Waals surface area contributed by atoms with E-state index in [1.807, 2.05) is 24.3 Å². The number of rotatable bonds is 8. The number of benzene rings is 2. The summed E-state index contributed by atoms with van der Waals surface area (Å²) in [6, 6.07) is 11.5. The van der Waals surface area contributed by atoms with Gasteiger partial charge in [-0.05, 0) is 29.3 Å². The molecule has 1 heterocycles. The van der Waals surface area contributed by atoms with Gasteiger partial charge in [-0.25, -0.2) is 9.59 Å². The van der Waals surface area contributed by atoms with E-state index in [1.165, 1.54) is 14.2 Å². The Balaban J connectivity index is 1.63. The second-order valence-electron chi connectivity index (χ2n) is 6.40. The summed E-state index contributed by atoms with van der Waals surface area (Å²) >= 11 is 0. The fourth-order valence-corrected chi connectivity index (χ4v) is 3.00. The number of amides is 1. The Morgan fingerprint density at radius 3 is 2.45 bits per heavy atom. The number of para-hydroxylation sites is 1. The number of aromatic nitrogens is 1. The lowest BCUT2D eigenvalue weighted by Crippen LogP contribution is -2.42. The van der Waals surface area contributed by atoms with Crippen molar-refractivity contribution in [3.05, 3.63) is 59.8 Å². The molecule has 8 heteroatoms. The summed E-state index contributed by atoms with van der Waals surface area (Å²) in [7, 11) is 3.04. The van der Waals surface area contributed by atoms with E-state index >= 15 is 0 Å². The molecule has 0 spiro atoms. The highest BCUT2D eigenvalue weighted by Gasteiger charge is 2.22. The Morgan fingerprint density at radius 2 is 1.79 bits per heavy atom. The van der Waals surface area contributed by atoms with E-state index < -0.39 is 18.1 Å². The minimum Gasteiger partial charge on any atom is -0.497 e. The molecule has 0 aliphatic carbocycles. The van der Waals surface area contributed by atoms with Crippen LogP contribution in [0.1, 0.15) is 11.1 Å². The number of hydrogen-bond acceptors (Lipinski definition) is 5. The summed E-state index contributed by atoms with van der Waals surface area (Å²) in [6.07, 6.45) is 1.05. The van der Waals surface area contributed by atoms with Crippen molar-refractivity contribution in [2.75, 3.05) is 14.2 Å². The Morgan fingerprint density at radius 1 is 1.10 bits per heavy atom. The number of carboxylic acids is 1. The van der Waals surface area contributed by atoms with Crippen LogP contribution in [0.3, 0.4) is 0 Å². The summed E-state index contributed by atoms with van der Waals surface area (Å²) in [5, 5.41) is 12.8. The number of carbonyl (C=O) groups is 2. The molecule has 3 rings (SSSR count). The molecule has 8 nitrogen and oxygen atoms in total. The molecule has 1 aromatic heterocycles. The lowest BCUT2D eigenvalue weighted by molar-refractivity contribution is -0.139. The van der Waals surface area contributed by atoms with Crippen molar-refractivity contribution in [3.63, 3.8) is 0 Å². The maximum atomic E-state index is 12.2. The molecular formula is C21H22N2O6. The first-order chi connectivity index (χ1) is 14.0. The van der Waals surface area contributed by atoms with Crippen LogP contribution in [-0.2, 0) is 22.6 Å². The van der Waals surface area contributed by atoms with Crippen LogP contribution in [0.15, 0.2) is 48.7 Å². The Hall–Kier alpha value is -3.68. The SMILES string of the molecule is COc1cc(COC(=O)NC(Cc2c[nH]c3ccccc23)C(=O)O)cc(OC)c1. The largest absolute Gasteiger partial charge is 0.497 e. The molecule has 0 fully saturated rings. The average molecular weight is 398 g/mol. The zero-order chi connectivity index (χ0) is 20.8. The van der Waals surface area contributed by atoms with Gasteiger partial charge in [0.15, 0.2) is 0 Å². The van der Waals surface area contributed by atoms with Crippen molar-refractivity contribution in [2.24, 2.45) is 0 Å². The van der Waals surface area contributed by atoms with E-state index in [0.717, 1.165) is 16.5 Å². The third-order valence-corrected chi connectivity index (χ3v) is 4.47. The zero-order valence-electron chi connectivity index (χ0n) is 16.1. The number of methoxy groups -OCH3 is 2. The molecular weight excluding hydrogens is 376 g/mol.